The number of Topliss-reactive ketones (excluding diaryl/α,β-unsaturated/α-hetero) is 1. The average Bonchev–Trinajstić information content (AvgIpc) is 2.74. The van der Waals surface area contributed by atoms with Crippen molar-refractivity contribution in [3.8, 4) is 0 Å². The fraction of sp³-hybridized carbons (Fsp3) is 0.320. The molecule has 0 fully saturated rings. The fourth-order valence-corrected chi connectivity index (χ4v) is 3.95. The zero-order valence-electron chi connectivity index (χ0n) is 17.8. The van der Waals surface area contributed by atoms with E-state index in [1.807, 2.05) is 30.3 Å². The molecule has 2 N–H and O–H groups in total. The van der Waals surface area contributed by atoms with E-state index in [4.69, 9.17) is 9.97 Å². The van der Waals surface area contributed by atoms with Gasteiger partial charge in [-0.2, -0.15) is 4.98 Å². The van der Waals surface area contributed by atoms with Crippen LogP contribution in [0, 0.1) is 5.92 Å². The molecule has 30 heavy (non-hydrogen) atoms. The highest BCUT2D eigenvalue weighted by molar-refractivity contribution is 6.03. The van der Waals surface area contributed by atoms with E-state index in [9.17, 15) is 4.79 Å². The Labute approximate surface area is 178 Å². The van der Waals surface area contributed by atoms with Crippen molar-refractivity contribution in [2.75, 3.05) is 10.6 Å². The molecule has 154 valence electrons. The van der Waals surface area contributed by atoms with Gasteiger partial charge in [0.15, 0.2) is 5.78 Å². The molecule has 5 nitrogen and oxygen atoms in total. The van der Waals surface area contributed by atoms with Crippen molar-refractivity contribution in [3.05, 3.63) is 70.9 Å². The molecular weight excluding hydrogens is 372 g/mol. The molecule has 1 unspecified atom stereocenters. The summed E-state index contributed by atoms with van der Waals surface area (Å²) in [6.07, 6.45) is 3.21. The number of nitrogens with zero attached hydrogens (tertiary/aromatic N) is 2. The standard InChI is InChI=1S/C25H28N4O/c1-4-17-10-12-19(13-11-17)26-25-28-21-14-16(3)15-22(30)23(21)24(29-25)27-20-9-7-6-8-18(20)5-2/h6-13,16H,4-5,14-15H2,1-3H3,(H2,26,27,28,29). The Morgan fingerprint density at radius 1 is 0.933 bits per heavy atom. The van der Waals surface area contributed by atoms with Gasteiger partial charge in [0.25, 0.3) is 0 Å². The molecule has 1 atom stereocenters. The SMILES string of the molecule is CCc1ccc(Nc2nc3c(c(Nc4ccccc4CC)n2)C(=O)CC(C)C3)cc1. The van der Waals surface area contributed by atoms with Crippen LogP contribution in [0.5, 0.6) is 0 Å². The predicted molar refractivity (Wildman–Crippen MR) is 122 cm³/mol. The van der Waals surface area contributed by atoms with E-state index in [1.54, 1.807) is 0 Å². The van der Waals surface area contributed by atoms with Gasteiger partial charge >= 0.3 is 0 Å². The van der Waals surface area contributed by atoms with Crippen LogP contribution in [-0.2, 0) is 19.3 Å². The van der Waals surface area contributed by atoms with Crippen molar-refractivity contribution in [3.63, 3.8) is 0 Å². The number of benzene rings is 2. The van der Waals surface area contributed by atoms with Gasteiger partial charge in [-0.05, 0) is 54.5 Å². The van der Waals surface area contributed by atoms with Gasteiger partial charge < -0.3 is 10.6 Å². The maximum Gasteiger partial charge on any atom is 0.229 e. The predicted octanol–water partition coefficient (Wildman–Crippen LogP) is 5.85. The van der Waals surface area contributed by atoms with E-state index in [0.717, 1.165) is 36.3 Å². The lowest BCUT2D eigenvalue weighted by Crippen LogP contribution is -2.22. The molecular formula is C25H28N4O. The van der Waals surface area contributed by atoms with Gasteiger partial charge in [0.1, 0.15) is 5.82 Å². The number of hydrogen-bond donors (Lipinski definition) is 2. The minimum atomic E-state index is 0.110. The summed E-state index contributed by atoms with van der Waals surface area (Å²) in [6, 6.07) is 16.4. The summed E-state index contributed by atoms with van der Waals surface area (Å²) < 4.78 is 0. The summed E-state index contributed by atoms with van der Waals surface area (Å²) in [5, 5.41) is 6.75. The molecule has 0 spiro atoms. The Kier molecular flexibility index (Phi) is 5.79. The maximum atomic E-state index is 12.9. The molecule has 0 aliphatic heterocycles. The van der Waals surface area contributed by atoms with Crippen molar-refractivity contribution in [1.82, 2.24) is 9.97 Å². The highest BCUT2D eigenvalue weighted by Crippen LogP contribution is 2.32. The second-order valence-electron chi connectivity index (χ2n) is 7.97. The van der Waals surface area contributed by atoms with Crippen LogP contribution < -0.4 is 10.6 Å². The number of aryl methyl sites for hydroxylation is 2. The van der Waals surface area contributed by atoms with E-state index in [2.05, 4.69) is 49.6 Å². The van der Waals surface area contributed by atoms with Gasteiger partial charge in [0, 0.05) is 17.8 Å². The van der Waals surface area contributed by atoms with Crippen LogP contribution in [-0.4, -0.2) is 15.8 Å². The van der Waals surface area contributed by atoms with Gasteiger partial charge in [0.2, 0.25) is 5.95 Å². The molecule has 2 aromatic carbocycles. The molecule has 5 heteroatoms. The quantitative estimate of drug-likeness (QED) is 0.543. The molecule has 1 aromatic heterocycles. The van der Waals surface area contributed by atoms with Gasteiger partial charge in [-0.3, -0.25) is 4.79 Å². The first-order valence-corrected chi connectivity index (χ1v) is 10.7. The van der Waals surface area contributed by atoms with Crippen LogP contribution in [0.15, 0.2) is 48.5 Å². The third-order valence-corrected chi connectivity index (χ3v) is 5.61. The van der Waals surface area contributed by atoms with Crippen LogP contribution in [0.1, 0.15) is 54.4 Å². The molecule has 3 aromatic rings. The Morgan fingerprint density at radius 3 is 2.43 bits per heavy atom. The number of hydrogen-bond acceptors (Lipinski definition) is 5. The van der Waals surface area contributed by atoms with E-state index in [0.29, 0.717) is 23.8 Å². The van der Waals surface area contributed by atoms with Gasteiger partial charge in [-0.1, -0.05) is 51.1 Å². The van der Waals surface area contributed by atoms with E-state index < -0.39 is 0 Å². The third kappa shape index (κ3) is 4.20. The molecule has 0 radical (unpaired) electrons. The normalized spacial score (nSPS) is 15.6. The summed E-state index contributed by atoms with van der Waals surface area (Å²) in [5.41, 5.74) is 5.83. The average molecular weight is 401 g/mol. The highest BCUT2D eigenvalue weighted by Gasteiger charge is 2.28. The van der Waals surface area contributed by atoms with Crippen molar-refractivity contribution < 1.29 is 4.79 Å². The van der Waals surface area contributed by atoms with Crippen molar-refractivity contribution in [2.24, 2.45) is 5.92 Å². The van der Waals surface area contributed by atoms with Gasteiger partial charge in [-0.15, -0.1) is 0 Å². The Hall–Kier alpha value is -3.21. The molecule has 4 rings (SSSR count). The smallest absolute Gasteiger partial charge is 0.229 e. The summed E-state index contributed by atoms with van der Waals surface area (Å²) in [5.74, 6) is 1.49. The summed E-state index contributed by atoms with van der Waals surface area (Å²) in [4.78, 5) is 22.3. The first kappa shape index (κ1) is 20.1. The van der Waals surface area contributed by atoms with Crippen molar-refractivity contribution in [2.45, 2.75) is 46.5 Å². The number of anilines is 4. The first-order valence-electron chi connectivity index (χ1n) is 10.7. The molecule has 0 saturated heterocycles. The first-order chi connectivity index (χ1) is 14.6. The summed E-state index contributed by atoms with van der Waals surface area (Å²) in [7, 11) is 0. The van der Waals surface area contributed by atoms with Crippen LogP contribution >= 0.6 is 0 Å². The number of fused-ring (bicyclic) bond motifs is 1. The highest BCUT2D eigenvalue weighted by atomic mass is 16.1. The number of aromatic nitrogens is 2. The third-order valence-electron chi connectivity index (χ3n) is 5.61. The molecule has 1 heterocycles. The Morgan fingerprint density at radius 2 is 1.70 bits per heavy atom. The lowest BCUT2D eigenvalue weighted by molar-refractivity contribution is 0.0953. The number of ketones is 1. The van der Waals surface area contributed by atoms with Crippen LogP contribution in [0.4, 0.5) is 23.1 Å². The zero-order chi connectivity index (χ0) is 21.1. The molecule has 1 aliphatic carbocycles. The number of nitrogens with one attached hydrogen (secondary N) is 2. The lowest BCUT2D eigenvalue weighted by Gasteiger charge is -2.23. The van der Waals surface area contributed by atoms with E-state index in [1.165, 1.54) is 11.1 Å². The summed E-state index contributed by atoms with van der Waals surface area (Å²) >= 11 is 0. The zero-order valence-corrected chi connectivity index (χ0v) is 17.8. The van der Waals surface area contributed by atoms with Gasteiger partial charge in [-0.25, -0.2) is 4.98 Å². The van der Waals surface area contributed by atoms with Crippen LogP contribution in [0.3, 0.4) is 0 Å². The molecule has 1 aliphatic rings. The number of para-hydroxylation sites is 1. The summed E-state index contributed by atoms with van der Waals surface area (Å²) in [6.45, 7) is 6.36. The minimum absolute atomic E-state index is 0.110. The fourth-order valence-electron chi connectivity index (χ4n) is 3.95. The second kappa shape index (κ2) is 8.66. The molecule has 0 amide bonds. The number of rotatable bonds is 6. The van der Waals surface area contributed by atoms with Gasteiger partial charge in [0.05, 0.1) is 11.3 Å². The van der Waals surface area contributed by atoms with Crippen LogP contribution in [0.2, 0.25) is 0 Å². The Bertz CT molecular complexity index is 1060. The van der Waals surface area contributed by atoms with E-state index in [-0.39, 0.29) is 11.7 Å². The largest absolute Gasteiger partial charge is 0.339 e. The second-order valence-corrected chi connectivity index (χ2v) is 7.97. The monoisotopic (exact) mass is 400 g/mol. The van der Waals surface area contributed by atoms with Crippen molar-refractivity contribution in [1.29, 1.82) is 0 Å². The van der Waals surface area contributed by atoms with E-state index >= 15 is 0 Å². The molecule has 0 bridgehead atoms. The molecule has 0 saturated carbocycles. The van der Waals surface area contributed by atoms with Crippen LogP contribution in [0.25, 0.3) is 0 Å². The maximum absolute atomic E-state index is 12.9. The van der Waals surface area contributed by atoms with Crippen molar-refractivity contribution >= 4 is 28.9 Å². The number of carbonyl (C=O) groups excluding carboxylic acids is 1. The topological polar surface area (TPSA) is 66.9 Å². The Balaban J connectivity index is 1.74. The lowest BCUT2D eigenvalue weighted by atomic mass is 9.87. The minimum Gasteiger partial charge on any atom is -0.339 e. The number of carbonyl (C=O) groups is 1.